The number of ether oxygens (including phenoxy) is 1. The van der Waals surface area contributed by atoms with E-state index in [-0.39, 0.29) is 23.8 Å². The Bertz CT molecular complexity index is 1180. The first-order valence-corrected chi connectivity index (χ1v) is 12.1. The second-order valence-electron chi connectivity index (χ2n) is 9.39. The summed E-state index contributed by atoms with van der Waals surface area (Å²) in [6, 6.07) is 16.1. The molecule has 0 bridgehead atoms. The molecule has 3 rings (SSSR count). The first-order valence-electron chi connectivity index (χ1n) is 11.7. The largest absolute Gasteiger partial charge is 0.497 e. The Hall–Kier alpha value is -3.32. The van der Waals surface area contributed by atoms with Gasteiger partial charge in [-0.05, 0) is 36.8 Å². The Balaban J connectivity index is 1.87. The van der Waals surface area contributed by atoms with Crippen LogP contribution in [0.3, 0.4) is 0 Å². The summed E-state index contributed by atoms with van der Waals surface area (Å²) in [5.41, 5.74) is 1.71. The van der Waals surface area contributed by atoms with Crippen molar-refractivity contribution in [2.24, 2.45) is 0 Å². The number of aromatic nitrogens is 2. The summed E-state index contributed by atoms with van der Waals surface area (Å²) in [6.07, 6.45) is 1.69. The highest BCUT2D eigenvalue weighted by molar-refractivity contribution is 6.32. The van der Waals surface area contributed by atoms with Crippen molar-refractivity contribution >= 4 is 29.2 Å². The number of carbonyl (C=O) groups excluding carboxylic acids is 2. The van der Waals surface area contributed by atoms with Gasteiger partial charge in [0, 0.05) is 23.6 Å². The number of halogens is 1. The number of nitrogens with zero attached hydrogens (tertiary/aromatic N) is 3. The van der Waals surface area contributed by atoms with Crippen LogP contribution in [-0.2, 0) is 10.2 Å². The number of carbonyl (C=O) groups is 2. The molecule has 0 atom stereocenters. The number of rotatable bonds is 9. The summed E-state index contributed by atoms with van der Waals surface area (Å²) >= 11 is 6.43. The second kappa shape index (κ2) is 11.4. The van der Waals surface area contributed by atoms with Crippen molar-refractivity contribution in [2.45, 2.75) is 46.0 Å². The third-order valence-corrected chi connectivity index (χ3v) is 5.87. The SMILES string of the molecule is CCCCN(CC(=O)Nc1cc(C(C)(C)C)nn1-c1ccccc1Cl)C(=O)c1cccc(OC)c1. The van der Waals surface area contributed by atoms with Gasteiger partial charge in [0.2, 0.25) is 5.91 Å². The van der Waals surface area contributed by atoms with Gasteiger partial charge in [0.25, 0.3) is 5.91 Å². The fourth-order valence-electron chi connectivity index (χ4n) is 3.54. The Morgan fingerprint density at radius 1 is 1.11 bits per heavy atom. The molecule has 0 aliphatic carbocycles. The summed E-state index contributed by atoms with van der Waals surface area (Å²) < 4.78 is 6.89. The Kier molecular flexibility index (Phi) is 8.57. The van der Waals surface area contributed by atoms with Gasteiger partial charge in [-0.2, -0.15) is 5.10 Å². The molecule has 0 radical (unpaired) electrons. The summed E-state index contributed by atoms with van der Waals surface area (Å²) in [7, 11) is 1.56. The van der Waals surface area contributed by atoms with Crippen molar-refractivity contribution in [1.29, 1.82) is 0 Å². The molecule has 8 heteroatoms. The molecule has 0 spiro atoms. The van der Waals surface area contributed by atoms with Crippen LogP contribution >= 0.6 is 11.6 Å². The van der Waals surface area contributed by atoms with E-state index in [2.05, 4.69) is 26.1 Å². The van der Waals surface area contributed by atoms with E-state index in [1.54, 1.807) is 47.0 Å². The molecule has 3 aromatic rings. The molecule has 7 nitrogen and oxygen atoms in total. The number of nitrogens with one attached hydrogen (secondary N) is 1. The zero-order chi connectivity index (χ0) is 25.6. The Morgan fingerprint density at radius 3 is 2.51 bits per heavy atom. The van der Waals surface area contributed by atoms with E-state index in [0.717, 1.165) is 18.5 Å². The zero-order valence-corrected chi connectivity index (χ0v) is 21.7. The van der Waals surface area contributed by atoms with Crippen molar-refractivity contribution < 1.29 is 14.3 Å². The standard InChI is InChI=1S/C27H33ClN4O3/c1-6-7-15-31(26(34)19-11-10-12-20(16-19)35-5)18-25(33)29-24-17-23(27(2,3)4)30-32(24)22-14-9-8-13-21(22)28/h8-14,16-17H,6-7,15,18H2,1-5H3,(H,29,33). The van der Waals surface area contributed by atoms with Gasteiger partial charge in [-0.15, -0.1) is 0 Å². The Labute approximate surface area is 212 Å². The van der Waals surface area contributed by atoms with E-state index in [4.69, 9.17) is 21.4 Å². The normalized spacial score (nSPS) is 11.3. The molecular formula is C27H33ClN4O3. The highest BCUT2D eigenvalue weighted by Gasteiger charge is 2.24. The third kappa shape index (κ3) is 6.63. The lowest BCUT2D eigenvalue weighted by Crippen LogP contribution is -2.39. The molecule has 0 saturated carbocycles. The van der Waals surface area contributed by atoms with Crippen LogP contribution < -0.4 is 10.1 Å². The minimum Gasteiger partial charge on any atom is -0.497 e. The van der Waals surface area contributed by atoms with Crippen molar-refractivity contribution in [3.63, 3.8) is 0 Å². The average Bonchev–Trinajstić information content (AvgIpc) is 3.25. The van der Waals surface area contributed by atoms with E-state index in [9.17, 15) is 9.59 Å². The van der Waals surface area contributed by atoms with Crippen LogP contribution in [0.1, 0.15) is 56.6 Å². The van der Waals surface area contributed by atoms with Gasteiger partial charge in [-0.25, -0.2) is 4.68 Å². The molecule has 0 fully saturated rings. The van der Waals surface area contributed by atoms with E-state index in [1.807, 2.05) is 31.2 Å². The number of amides is 2. The number of hydrogen-bond acceptors (Lipinski definition) is 4. The molecular weight excluding hydrogens is 464 g/mol. The predicted octanol–water partition coefficient (Wildman–Crippen LogP) is 5.71. The topological polar surface area (TPSA) is 76.5 Å². The van der Waals surface area contributed by atoms with E-state index >= 15 is 0 Å². The van der Waals surface area contributed by atoms with E-state index in [0.29, 0.717) is 34.4 Å². The highest BCUT2D eigenvalue weighted by atomic mass is 35.5. The molecule has 35 heavy (non-hydrogen) atoms. The first-order chi connectivity index (χ1) is 16.6. The molecule has 1 heterocycles. The molecule has 0 saturated heterocycles. The molecule has 1 aromatic heterocycles. The fourth-order valence-corrected chi connectivity index (χ4v) is 3.76. The van der Waals surface area contributed by atoms with Gasteiger partial charge in [0.1, 0.15) is 18.1 Å². The number of unbranched alkanes of at least 4 members (excludes halogenated alkanes) is 1. The highest BCUT2D eigenvalue weighted by Crippen LogP contribution is 2.29. The van der Waals surface area contributed by atoms with Gasteiger partial charge in [-0.1, -0.05) is 63.9 Å². The lowest BCUT2D eigenvalue weighted by atomic mass is 9.92. The number of methoxy groups -OCH3 is 1. The van der Waals surface area contributed by atoms with E-state index in [1.165, 1.54) is 0 Å². The van der Waals surface area contributed by atoms with Crippen LogP contribution in [0.2, 0.25) is 5.02 Å². The number of para-hydroxylation sites is 1. The third-order valence-electron chi connectivity index (χ3n) is 5.55. The van der Waals surface area contributed by atoms with Gasteiger partial charge < -0.3 is 15.0 Å². The van der Waals surface area contributed by atoms with Crippen molar-refractivity contribution in [1.82, 2.24) is 14.7 Å². The smallest absolute Gasteiger partial charge is 0.254 e. The maximum Gasteiger partial charge on any atom is 0.254 e. The number of hydrogen-bond donors (Lipinski definition) is 1. The predicted molar refractivity (Wildman–Crippen MR) is 140 cm³/mol. The quantitative estimate of drug-likeness (QED) is 0.411. The van der Waals surface area contributed by atoms with Crippen LogP contribution in [0.4, 0.5) is 5.82 Å². The van der Waals surface area contributed by atoms with Crippen LogP contribution in [0.5, 0.6) is 5.75 Å². The van der Waals surface area contributed by atoms with Crippen LogP contribution in [0.15, 0.2) is 54.6 Å². The van der Waals surface area contributed by atoms with Crippen molar-refractivity contribution in [3.05, 3.63) is 70.9 Å². The summed E-state index contributed by atoms with van der Waals surface area (Å²) in [4.78, 5) is 28.0. The minimum atomic E-state index is -0.314. The molecule has 0 aliphatic rings. The van der Waals surface area contributed by atoms with Gasteiger partial charge >= 0.3 is 0 Å². The monoisotopic (exact) mass is 496 g/mol. The number of anilines is 1. The van der Waals surface area contributed by atoms with Crippen LogP contribution in [0, 0.1) is 0 Å². The van der Waals surface area contributed by atoms with E-state index < -0.39 is 0 Å². The maximum atomic E-state index is 13.2. The lowest BCUT2D eigenvalue weighted by Gasteiger charge is -2.22. The molecule has 1 N–H and O–H groups in total. The fraction of sp³-hybridized carbons (Fsp3) is 0.370. The lowest BCUT2D eigenvalue weighted by molar-refractivity contribution is -0.116. The van der Waals surface area contributed by atoms with Crippen LogP contribution in [0.25, 0.3) is 5.69 Å². The molecule has 0 unspecified atom stereocenters. The Morgan fingerprint density at radius 2 is 1.86 bits per heavy atom. The molecule has 2 amide bonds. The van der Waals surface area contributed by atoms with Gasteiger partial charge in [0.15, 0.2) is 0 Å². The van der Waals surface area contributed by atoms with Crippen molar-refractivity contribution in [3.8, 4) is 11.4 Å². The summed E-state index contributed by atoms with van der Waals surface area (Å²) in [6.45, 7) is 8.58. The maximum absolute atomic E-state index is 13.2. The van der Waals surface area contributed by atoms with Crippen LogP contribution in [-0.4, -0.2) is 46.7 Å². The van der Waals surface area contributed by atoms with Crippen molar-refractivity contribution in [2.75, 3.05) is 25.5 Å². The summed E-state index contributed by atoms with van der Waals surface area (Å²) in [5, 5.41) is 8.19. The second-order valence-corrected chi connectivity index (χ2v) is 9.80. The summed E-state index contributed by atoms with van der Waals surface area (Å²) in [5.74, 6) is 0.555. The van der Waals surface area contributed by atoms with Gasteiger partial charge in [-0.3, -0.25) is 9.59 Å². The molecule has 186 valence electrons. The zero-order valence-electron chi connectivity index (χ0n) is 21.0. The molecule has 2 aromatic carbocycles. The first kappa shape index (κ1) is 26.3. The molecule has 0 aliphatic heterocycles. The number of benzene rings is 2. The minimum absolute atomic E-state index is 0.0887. The average molecular weight is 497 g/mol. The van der Waals surface area contributed by atoms with Gasteiger partial charge in [0.05, 0.1) is 23.5 Å².